The highest BCUT2D eigenvalue weighted by atomic mass is 35.5. The van der Waals surface area contributed by atoms with Crippen LogP contribution >= 0.6 is 11.6 Å². The first-order valence-electron chi connectivity index (χ1n) is 3.78. The molecule has 2 unspecified atom stereocenters. The van der Waals surface area contributed by atoms with Gasteiger partial charge in [-0.05, 0) is 6.08 Å². The second-order valence-electron chi connectivity index (χ2n) is 2.76. The highest BCUT2D eigenvalue weighted by molar-refractivity contribution is 6.18. The van der Waals surface area contributed by atoms with Gasteiger partial charge in [0.15, 0.2) is 0 Å². The van der Waals surface area contributed by atoms with Crippen molar-refractivity contribution in [2.24, 2.45) is 11.8 Å². The van der Waals surface area contributed by atoms with Gasteiger partial charge in [0.05, 0.1) is 12.9 Å². The van der Waals surface area contributed by atoms with E-state index in [1.54, 1.807) is 7.11 Å². The summed E-state index contributed by atoms with van der Waals surface area (Å²) in [5.41, 5.74) is 0. The third-order valence-corrected chi connectivity index (χ3v) is 2.48. The zero-order chi connectivity index (χ0) is 8.27. The molecule has 11 heavy (non-hydrogen) atoms. The van der Waals surface area contributed by atoms with Crippen molar-refractivity contribution < 1.29 is 4.74 Å². The summed E-state index contributed by atoms with van der Waals surface area (Å²) in [6.07, 6.45) is 6.12. The first kappa shape index (κ1) is 8.66. The maximum Gasteiger partial charge on any atom is 0.0989 e. The standard InChI is InChI=1S/C9H13ClO/c1-7-8(6-10)4-3-5-9(7)11-2/h3-5,7-8H,6H2,1-2H3. The van der Waals surface area contributed by atoms with Crippen LogP contribution in [0.15, 0.2) is 24.0 Å². The van der Waals surface area contributed by atoms with Crippen LogP contribution in [-0.4, -0.2) is 13.0 Å². The number of alkyl halides is 1. The monoisotopic (exact) mass is 172 g/mol. The highest BCUT2D eigenvalue weighted by Crippen LogP contribution is 2.26. The molecule has 1 aliphatic rings. The minimum atomic E-state index is 0.419. The van der Waals surface area contributed by atoms with Crippen LogP contribution in [-0.2, 0) is 4.74 Å². The minimum absolute atomic E-state index is 0.419. The number of hydrogen-bond donors (Lipinski definition) is 0. The fraction of sp³-hybridized carbons (Fsp3) is 0.556. The molecule has 0 saturated heterocycles. The molecule has 0 spiro atoms. The highest BCUT2D eigenvalue weighted by Gasteiger charge is 2.20. The van der Waals surface area contributed by atoms with E-state index in [2.05, 4.69) is 13.0 Å². The number of methoxy groups -OCH3 is 1. The van der Waals surface area contributed by atoms with Crippen LogP contribution in [0.5, 0.6) is 0 Å². The van der Waals surface area contributed by atoms with Crippen LogP contribution in [0.3, 0.4) is 0 Å². The van der Waals surface area contributed by atoms with Crippen molar-refractivity contribution in [3.8, 4) is 0 Å². The van der Waals surface area contributed by atoms with Gasteiger partial charge in [0.2, 0.25) is 0 Å². The van der Waals surface area contributed by atoms with Gasteiger partial charge in [-0.2, -0.15) is 0 Å². The number of hydrogen-bond acceptors (Lipinski definition) is 1. The predicted octanol–water partition coefficient (Wildman–Crippen LogP) is 2.58. The van der Waals surface area contributed by atoms with Crippen LogP contribution < -0.4 is 0 Å². The van der Waals surface area contributed by atoms with Crippen molar-refractivity contribution in [3.05, 3.63) is 24.0 Å². The second-order valence-corrected chi connectivity index (χ2v) is 3.07. The van der Waals surface area contributed by atoms with Crippen LogP contribution in [0.25, 0.3) is 0 Å². The zero-order valence-corrected chi connectivity index (χ0v) is 7.64. The molecule has 1 aliphatic carbocycles. The van der Waals surface area contributed by atoms with E-state index in [-0.39, 0.29) is 0 Å². The Morgan fingerprint density at radius 1 is 1.64 bits per heavy atom. The van der Waals surface area contributed by atoms with Crippen LogP contribution in [0.1, 0.15) is 6.92 Å². The molecule has 0 aromatic carbocycles. The van der Waals surface area contributed by atoms with Crippen molar-refractivity contribution >= 4 is 11.6 Å². The van der Waals surface area contributed by atoms with Crippen molar-refractivity contribution in [2.45, 2.75) is 6.92 Å². The molecule has 0 bridgehead atoms. The van der Waals surface area contributed by atoms with E-state index >= 15 is 0 Å². The van der Waals surface area contributed by atoms with Gasteiger partial charge in [-0.3, -0.25) is 0 Å². The minimum Gasteiger partial charge on any atom is -0.501 e. The Bertz CT molecular complexity index is 184. The largest absolute Gasteiger partial charge is 0.501 e. The smallest absolute Gasteiger partial charge is 0.0989 e. The van der Waals surface area contributed by atoms with E-state index in [1.165, 1.54) is 0 Å². The summed E-state index contributed by atoms with van der Waals surface area (Å²) >= 11 is 5.76. The third kappa shape index (κ3) is 1.78. The average molecular weight is 173 g/mol. The molecule has 0 N–H and O–H groups in total. The first-order chi connectivity index (χ1) is 5.29. The van der Waals surface area contributed by atoms with Crippen molar-refractivity contribution in [1.82, 2.24) is 0 Å². The molecule has 0 amide bonds. The molecule has 1 rings (SSSR count). The lowest BCUT2D eigenvalue weighted by molar-refractivity contribution is 0.229. The maximum atomic E-state index is 5.76. The van der Waals surface area contributed by atoms with Gasteiger partial charge in [-0.15, -0.1) is 11.6 Å². The molecule has 0 aromatic rings. The van der Waals surface area contributed by atoms with Gasteiger partial charge in [0.25, 0.3) is 0 Å². The summed E-state index contributed by atoms with van der Waals surface area (Å²) in [5, 5.41) is 0. The van der Waals surface area contributed by atoms with E-state index in [1.807, 2.05) is 12.2 Å². The van der Waals surface area contributed by atoms with Gasteiger partial charge >= 0.3 is 0 Å². The SMILES string of the molecule is COC1=CC=CC(CCl)C1C. The summed E-state index contributed by atoms with van der Waals surface area (Å²) in [6, 6.07) is 0. The fourth-order valence-electron chi connectivity index (χ4n) is 1.26. The van der Waals surface area contributed by atoms with E-state index in [9.17, 15) is 0 Å². The Morgan fingerprint density at radius 3 is 2.91 bits per heavy atom. The number of allylic oxidation sites excluding steroid dienone is 4. The number of halogens is 1. The molecule has 0 heterocycles. The van der Waals surface area contributed by atoms with E-state index in [4.69, 9.17) is 16.3 Å². The van der Waals surface area contributed by atoms with Gasteiger partial charge in [0.1, 0.15) is 0 Å². The first-order valence-corrected chi connectivity index (χ1v) is 4.31. The third-order valence-electron chi connectivity index (χ3n) is 2.12. The Hall–Kier alpha value is -0.430. The normalized spacial score (nSPS) is 29.9. The lowest BCUT2D eigenvalue weighted by Gasteiger charge is -2.23. The topological polar surface area (TPSA) is 9.23 Å². The quantitative estimate of drug-likeness (QED) is 0.582. The number of rotatable bonds is 2. The van der Waals surface area contributed by atoms with Crippen LogP contribution in [0.2, 0.25) is 0 Å². The van der Waals surface area contributed by atoms with Gasteiger partial charge in [-0.25, -0.2) is 0 Å². The Labute approximate surface area is 72.7 Å². The molecule has 0 saturated carbocycles. The van der Waals surface area contributed by atoms with Crippen molar-refractivity contribution in [1.29, 1.82) is 0 Å². The molecule has 0 fully saturated rings. The molecule has 0 aromatic heterocycles. The second kappa shape index (κ2) is 3.82. The molecular weight excluding hydrogens is 160 g/mol. The van der Waals surface area contributed by atoms with Gasteiger partial charge in [0, 0.05) is 17.7 Å². The van der Waals surface area contributed by atoms with E-state index < -0.39 is 0 Å². The molecule has 0 aliphatic heterocycles. The summed E-state index contributed by atoms with van der Waals surface area (Å²) in [4.78, 5) is 0. The predicted molar refractivity (Wildman–Crippen MR) is 47.6 cm³/mol. The van der Waals surface area contributed by atoms with Crippen molar-refractivity contribution in [2.75, 3.05) is 13.0 Å². The summed E-state index contributed by atoms with van der Waals surface area (Å²) in [5.74, 6) is 2.54. The molecule has 0 radical (unpaired) electrons. The molecule has 62 valence electrons. The van der Waals surface area contributed by atoms with Gasteiger partial charge < -0.3 is 4.74 Å². The Morgan fingerprint density at radius 2 is 2.36 bits per heavy atom. The molecule has 1 nitrogen and oxygen atoms in total. The van der Waals surface area contributed by atoms with E-state index in [0.29, 0.717) is 17.7 Å². The Balaban J connectivity index is 2.68. The molecular formula is C9H13ClO. The van der Waals surface area contributed by atoms with Crippen LogP contribution in [0.4, 0.5) is 0 Å². The average Bonchev–Trinajstić information content (AvgIpc) is 2.05. The lowest BCUT2D eigenvalue weighted by atomic mass is 9.90. The molecule has 2 heteroatoms. The van der Waals surface area contributed by atoms with Gasteiger partial charge in [-0.1, -0.05) is 19.1 Å². The zero-order valence-electron chi connectivity index (χ0n) is 6.88. The fourth-order valence-corrected chi connectivity index (χ4v) is 1.63. The Kier molecular flexibility index (Phi) is 3.01. The van der Waals surface area contributed by atoms with Crippen molar-refractivity contribution in [3.63, 3.8) is 0 Å². The summed E-state index contributed by atoms with van der Waals surface area (Å²) in [6.45, 7) is 2.13. The summed E-state index contributed by atoms with van der Waals surface area (Å²) in [7, 11) is 1.70. The van der Waals surface area contributed by atoms with E-state index in [0.717, 1.165) is 5.76 Å². The van der Waals surface area contributed by atoms with Crippen LogP contribution in [0, 0.1) is 11.8 Å². The molecule has 2 atom stereocenters. The number of ether oxygens (including phenoxy) is 1. The lowest BCUT2D eigenvalue weighted by Crippen LogP contribution is -2.16. The maximum absolute atomic E-state index is 5.76. The summed E-state index contributed by atoms with van der Waals surface area (Å²) < 4.78 is 5.19.